The van der Waals surface area contributed by atoms with E-state index < -0.39 is 0 Å². The van der Waals surface area contributed by atoms with Crippen molar-refractivity contribution in [2.75, 3.05) is 4.90 Å². The Bertz CT molecular complexity index is 2670. The minimum absolute atomic E-state index is 0.0791. The van der Waals surface area contributed by atoms with Gasteiger partial charge in [0.05, 0.1) is 5.69 Å². The summed E-state index contributed by atoms with van der Waals surface area (Å²) < 4.78 is 6.70. The zero-order valence-electron chi connectivity index (χ0n) is 28.6. The number of para-hydroxylation sites is 3. The molecule has 0 fully saturated rings. The zero-order chi connectivity index (χ0) is 33.2. The van der Waals surface area contributed by atoms with E-state index in [1.807, 2.05) is 0 Å². The van der Waals surface area contributed by atoms with Crippen molar-refractivity contribution < 1.29 is 4.42 Å². The molecule has 0 N–H and O–H groups in total. The van der Waals surface area contributed by atoms with Crippen LogP contribution in [0.25, 0.3) is 55.0 Å². The Morgan fingerprint density at radius 3 is 1.76 bits per heavy atom. The van der Waals surface area contributed by atoms with Crippen molar-refractivity contribution in [1.82, 2.24) is 0 Å². The normalized spacial score (nSPS) is 15.0. The van der Waals surface area contributed by atoms with Gasteiger partial charge in [0.15, 0.2) is 5.58 Å². The molecule has 7 aromatic carbocycles. The number of hydrogen-bond acceptors (Lipinski definition) is 2. The maximum Gasteiger partial charge on any atom is 0.159 e. The summed E-state index contributed by atoms with van der Waals surface area (Å²) in [6.07, 6.45) is 0. The van der Waals surface area contributed by atoms with E-state index in [2.05, 4.69) is 173 Å². The second-order valence-corrected chi connectivity index (χ2v) is 15.0. The predicted octanol–water partition coefficient (Wildman–Crippen LogP) is 13.1. The molecule has 2 aliphatic rings. The lowest BCUT2D eigenvalue weighted by atomic mass is 9.79. The van der Waals surface area contributed by atoms with Crippen molar-refractivity contribution >= 4 is 49.8 Å². The molecular formula is C47H37NO. The number of fused-ring (bicyclic) bond motifs is 10. The first-order chi connectivity index (χ1) is 23.7. The number of furan rings is 1. The Hall–Kier alpha value is -5.60. The second kappa shape index (κ2) is 9.74. The van der Waals surface area contributed by atoms with Gasteiger partial charge in [0.2, 0.25) is 0 Å². The third-order valence-corrected chi connectivity index (χ3v) is 11.5. The summed E-state index contributed by atoms with van der Waals surface area (Å²) in [5.74, 6) is 0. The highest BCUT2D eigenvalue weighted by Gasteiger charge is 2.42. The van der Waals surface area contributed by atoms with Gasteiger partial charge in [-0.1, -0.05) is 107 Å². The summed E-state index contributed by atoms with van der Waals surface area (Å²) in [4.78, 5) is 2.36. The van der Waals surface area contributed by atoms with Gasteiger partial charge in [-0.3, -0.25) is 0 Å². The average Bonchev–Trinajstić information content (AvgIpc) is 3.68. The Kier molecular flexibility index (Phi) is 5.65. The zero-order valence-corrected chi connectivity index (χ0v) is 28.6. The fourth-order valence-electron chi connectivity index (χ4n) is 8.90. The van der Waals surface area contributed by atoms with Gasteiger partial charge in [-0.25, -0.2) is 0 Å². The number of aryl methyl sites for hydroxylation is 1. The number of hydrogen-bond donors (Lipinski definition) is 0. The molecule has 0 bridgehead atoms. The first kappa shape index (κ1) is 28.4. The Balaban J connectivity index is 1.16. The predicted molar refractivity (Wildman–Crippen MR) is 206 cm³/mol. The van der Waals surface area contributed by atoms with Crippen LogP contribution in [-0.4, -0.2) is 0 Å². The molecule has 1 heterocycles. The van der Waals surface area contributed by atoms with Crippen LogP contribution in [0.3, 0.4) is 0 Å². The Morgan fingerprint density at radius 1 is 0.449 bits per heavy atom. The largest absolute Gasteiger partial charge is 0.454 e. The quantitative estimate of drug-likeness (QED) is 0.193. The molecular weight excluding hydrogens is 595 g/mol. The fraction of sp³-hybridized carbons (Fsp3) is 0.149. The first-order valence-corrected chi connectivity index (χ1v) is 17.4. The lowest BCUT2D eigenvalue weighted by molar-refractivity contribution is 0.652. The van der Waals surface area contributed by atoms with Crippen molar-refractivity contribution in [3.63, 3.8) is 0 Å². The van der Waals surface area contributed by atoms with Gasteiger partial charge in [-0.15, -0.1) is 0 Å². The highest BCUT2D eigenvalue weighted by Crippen LogP contribution is 2.57. The highest BCUT2D eigenvalue weighted by atomic mass is 16.3. The van der Waals surface area contributed by atoms with Crippen LogP contribution in [0.4, 0.5) is 17.1 Å². The van der Waals surface area contributed by atoms with E-state index in [0.717, 1.165) is 44.6 Å². The molecule has 0 saturated heterocycles. The van der Waals surface area contributed by atoms with Gasteiger partial charge >= 0.3 is 0 Å². The molecule has 8 aromatic rings. The third kappa shape index (κ3) is 3.83. The van der Waals surface area contributed by atoms with Crippen molar-refractivity contribution in [2.24, 2.45) is 0 Å². The summed E-state index contributed by atoms with van der Waals surface area (Å²) in [6.45, 7) is 11.7. The van der Waals surface area contributed by atoms with Gasteiger partial charge in [0.25, 0.3) is 0 Å². The lowest BCUT2D eigenvalue weighted by Gasteiger charge is -2.28. The first-order valence-electron chi connectivity index (χ1n) is 17.4. The van der Waals surface area contributed by atoms with Crippen LogP contribution in [0, 0.1) is 6.92 Å². The standard InChI is InChI=1S/C47H37NO/c1-28-13-11-18-34-35-19-12-20-43(45(35)49-44(28)34)48(31-16-7-6-8-17-31)32-21-22-33-37-26-42-38(27-41(37)47(4,5)40(33)25-32)36-23-29-14-9-10-15-30(29)24-39(36)46(42,2)3/h6-27H,1-5H3. The smallest absolute Gasteiger partial charge is 0.159 e. The van der Waals surface area contributed by atoms with E-state index in [9.17, 15) is 0 Å². The lowest BCUT2D eigenvalue weighted by Crippen LogP contribution is -2.17. The minimum atomic E-state index is -0.176. The molecule has 49 heavy (non-hydrogen) atoms. The molecule has 0 saturated carbocycles. The summed E-state index contributed by atoms with van der Waals surface area (Å²) in [5.41, 5.74) is 17.1. The van der Waals surface area contributed by atoms with E-state index in [1.165, 1.54) is 55.3 Å². The van der Waals surface area contributed by atoms with Gasteiger partial charge in [-0.05, 0) is 122 Å². The molecule has 0 atom stereocenters. The maximum atomic E-state index is 6.70. The molecule has 0 spiro atoms. The van der Waals surface area contributed by atoms with Gasteiger partial charge in [0, 0.05) is 33.0 Å². The molecule has 10 rings (SSSR count). The summed E-state index contributed by atoms with van der Waals surface area (Å²) in [7, 11) is 0. The van der Waals surface area contributed by atoms with Crippen LogP contribution < -0.4 is 4.90 Å². The Morgan fingerprint density at radius 2 is 1.02 bits per heavy atom. The molecule has 1 aromatic heterocycles. The van der Waals surface area contributed by atoms with Gasteiger partial charge in [-0.2, -0.15) is 0 Å². The molecule has 2 heteroatoms. The molecule has 0 radical (unpaired) electrons. The molecule has 0 aliphatic heterocycles. The minimum Gasteiger partial charge on any atom is -0.454 e. The van der Waals surface area contributed by atoms with Gasteiger partial charge in [0.1, 0.15) is 5.58 Å². The topological polar surface area (TPSA) is 16.4 Å². The molecule has 2 aliphatic carbocycles. The molecule has 236 valence electrons. The van der Waals surface area contributed by atoms with E-state index in [-0.39, 0.29) is 10.8 Å². The van der Waals surface area contributed by atoms with Crippen LogP contribution >= 0.6 is 0 Å². The highest BCUT2D eigenvalue weighted by molar-refractivity contribution is 6.11. The third-order valence-electron chi connectivity index (χ3n) is 11.5. The molecule has 0 unspecified atom stereocenters. The molecule has 2 nitrogen and oxygen atoms in total. The van der Waals surface area contributed by atoms with E-state index in [0.29, 0.717) is 0 Å². The maximum absolute atomic E-state index is 6.70. The number of benzene rings is 7. The van der Waals surface area contributed by atoms with E-state index >= 15 is 0 Å². The van der Waals surface area contributed by atoms with Crippen LogP contribution in [0.1, 0.15) is 55.5 Å². The fourth-order valence-corrected chi connectivity index (χ4v) is 8.90. The SMILES string of the molecule is Cc1cccc2c1oc1c(N(c3ccccc3)c3ccc4c(c3)C(C)(C)c3cc5c(cc3-4)C(C)(C)c3cc4ccccc4cc3-5)cccc12. The average molecular weight is 632 g/mol. The summed E-state index contributed by atoms with van der Waals surface area (Å²) in [5, 5.41) is 4.90. The van der Waals surface area contributed by atoms with Crippen molar-refractivity contribution in [1.29, 1.82) is 0 Å². The van der Waals surface area contributed by atoms with Crippen molar-refractivity contribution in [3.8, 4) is 22.3 Å². The monoisotopic (exact) mass is 631 g/mol. The van der Waals surface area contributed by atoms with E-state index in [4.69, 9.17) is 4.42 Å². The van der Waals surface area contributed by atoms with Crippen molar-refractivity contribution in [2.45, 2.75) is 45.4 Å². The number of anilines is 3. The number of nitrogens with zero attached hydrogens (tertiary/aromatic N) is 1. The van der Waals surface area contributed by atoms with Crippen LogP contribution in [0.2, 0.25) is 0 Å². The van der Waals surface area contributed by atoms with Gasteiger partial charge < -0.3 is 9.32 Å². The summed E-state index contributed by atoms with van der Waals surface area (Å²) in [6, 6.07) is 49.3. The van der Waals surface area contributed by atoms with E-state index in [1.54, 1.807) is 0 Å². The van der Waals surface area contributed by atoms with Crippen LogP contribution in [0.5, 0.6) is 0 Å². The van der Waals surface area contributed by atoms with Crippen LogP contribution in [0.15, 0.2) is 138 Å². The van der Waals surface area contributed by atoms with Crippen molar-refractivity contribution in [3.05, 3.63) is 161 Å². The number of rotatable bonds is 3. The van der Waals surface area contributed by atoms with Crippen LogP contribution in [-0.2, 0) is 10.8 Å². The summed E-state index contributed by atoms with van der Waals surface area (Å²) >= 11 is 0. The molecule has 0 amide bonds. The second-order valence-electron chi connectivity index (χ2n) is 15.0. The Labute approximate surface area is 287 Å².